The molecule has 12 aromatic rings. The maximum Gasteiger partial charge on any atom is 0.161 e. The highest BCUT2D eigenvalue weighted by Gasteiger charge is 2.22. The molecular formula is C54H33N3O2. The van der Waals surface area contributed by atoms with Gasteiger partial charge in [-0.25, -0.2) is 9.97 Å². The van der Waals surface area contributed by atoms with Crippen LogP contribution in [-0.4, -0.2) is 9.97 Å². The molecule has 3 aromatic heterocycles. The highest BCUT2D eigenvalue weighted by molar-refractivity contribution is 6.19. The smallest absolute Gasteiger partial charge is 0.161 e. The first kappa shape index (κ1) is 33.2. The lowest BCUT2D eigenvalue weighted by atomic mass is 9.96. The lowest BCUT2D eigenvalue weighted by Crippen LogP contribution is -2.09. The molecule has 0 unspecified atom stereocenters. The van der Waals surface area contributed by atoms with Crippen LogP contribution in [0.3, 0.4) is 0 Å². The molecule has 0 aliphatic heterocycles. The van der Waals surface area contributed by atoms with Gasteiger partial charge < -0.3 is 13.7 Å². The molecule has 3 heterocycles. The Bertz CT molecular complexity index is 3530. The first-order valence-corrected chi connectivity index (χ1v) is 19.8. The van der Waals surface area contributed by atoms with Crippen LogP contribution in [0, 0.1) is 0 Å². The molecule has 0 aliphatic carbocycles. The SMILES string of the molecule is c1ccc(N(c2ccccc2)c2cccc(-c3cc(-c4nc(-c5ccc6oc7ccccc7c6c5)c5ccccc5n4)c4c(c3)oc3c5ccccc5ccc34)c2)cc1. The molecule has 0 saturated carbocycles. The van der Waals surface area contributed by atoms with E-state index in [1.165, 1.54) is 0 Å². The Labute approximate surface area is 339 Å². The number of aromatic nitrogens is 2. The van der Waals surface area contributed by atoms with Crippen LogP contribution in [0.2, 0.25) is 0 Å². The van der Waals surface area contributed by atoms with Gasteiger partial charge in [0, 0.05) is 60.5 Å². The van der Waals surface area contributed by atoms with Crippen molar-refractivity contribution in [1.29, 1.82) is 0 Å². The summed E-state index contributed by atoms with van der Waals surface area (Å²) in [5.41, 5.74) is 12.2. The predicted molar refractivity (Wildman–Crippen MR) is 243 cm³/mol. The molecule has 0 bridgehead atoms. The Morgan fingerprint density at radius 3 is 1.90 bits per heavy atom. The Morgan fingerprint density at radius 2 is 1.07 bits per heavy atom. The van der Waals surface area contributed by atoms with E-state index in [-0.39, 0.29) is 0 Å². The predicted octanol–water partition coefficient (Wildman–Crippen LogP) is 15.1. The summed E-state index contributed by atoms with van der Waals surface area (Å²) in [6.45, 7) is 0. The van der Waals surface area contributed by atoms with E-state index in [9.17, 15) is 0 Å². The molecule has 9 aromatic carbocycles. The van der Waals surface area contributed by atoms with E-state index in [0.717, 1.165) is 111 Å². The van der Waals surface area contributed by atoms with Crippen molar-refractivity contribution in [1.82, 2.24) is 9.97 Å². The molecule has 0 N–H and O–H groups in total. The van der Waals surface area contributed by atoms with Crippen molar-refractivity contribution in [3.8, 4) is 33.8 Å². The maximum absolute atomic E-state index is 6.91. The summed E-state index contributed by atoms with van der Waals surface area (Å²) in [4.78, 5) is 13.1. The molecule has 0 atom stereocenters. The van der Waals surface area contributed by atoms with Crippen LogP contribution < -0.4 is 4.90 Å². The molecule has 0 radical (unpaired) electrons. The third-order valence-corrected chi connectivity index (χ3v) is 11.4. The highest BCUT2D eigenvalue weighted by Crippen LogP contribution is 2.44. The van der Waals surface area contributed by atoms with E-state index in [4.69, 9.17) is 18.8 Å². The molecule has 0 aliphatic rings. The van der Waals surface area contributed by atoms with Crippen LogP contribution >= 0.6 is 0 Å². The first-order valence-electron chi connectivity index (χ1n) is 19.8. The van der Waals surface area contributed by atoms with Crippen LogP contribution in [0.1, 0.15) is 0 Å². The summed E-state index contributed by atoms with van der Waals surface area (Å²) in [6, 6.07) is 69.6. The Hall–Kier alpha value is -8.02. The van der Waals surface area contributed by atoms with E-state index in [1.807, 2.05) is 18.2 Å². The third kappa shape index (κ3) is 5.47. The quantitative estimate of drug-likeness (QED) is 0.169. The van der Waals surface area contributed by atoms with E-state index in [0.29, 0.717) is 5.82 Å². The van der Waals surface area contributed by atoms with E-state index >= 15 is 0 Å². The van der Waals surface area contributed by atoms with Crippen molar-refractivity contribution in [3.63, 3.8) is 0 Å². The van der Waals surface area contributed by atoms with Gasteiger partial charge in [0.05, 0.1) is 11.2 Å². The molecule has 0 spiro atoms. The van der Waals surface area contributed by atoms with Gasteiger partial charge in [-0.3, -0.25) is 0 Å². The van der Waals surface area contributed by atoms with Crippen LogP contribution in [0.5, 0.6) is 0 Å². The number of hydrogen-bond donors (Lipinski definition) is 0. The molecule has 12 rings (SSSR count). The molecule has 5 nitrogen and oxygen atoms in total. The molecule has 5 heteroatoms. The third-order valence-electron chi connectivity index (χ3n) is 11.4. The zero-order valence-electron chi connectivity index (χ0n) is 31.7. The standard InChI is InChI=1S/C54H33N3O2/c1-3-16-38(17-4-1)57(39-18-5-2-6-19-39)40-20-13-15-35(30-40)37-32-46(51-44-28-26-34-14-7-8-21-41(34)53(44)59-50(51)33-37)54-55-47-24-11-9-23-43(47)52(56-54)36-27-29-49-45(31-36)42-22-10-12-25-48(42)58-49/h1-33H. The number of hydrogen-bond acceptors (Lipinski definition) is 5. The zero-order chi connectivity index (χ0) is 38.9. The first-order chi connectivity index (χ1) is 29.2. The average Bonchev–Trinajstić information content (AvgIpc) is 3.88. The number of nitrogens with zero attached hydrogens (tertiary/aromatic N) is 3. The van der Waals surface area contributed by atoms with Crippen molar-refractivity contribution in [2.45, 2.75) is 0 Å². The summed E-state index contributed by atoms with van der Waals surface area (Å²) >= 11 is 0. The van der Waals surface area contributed by atoms with Gasteiger partial charge in [0.2, 0.25) is 0 Å². The van der Waals surface area contributed by atoms with Crippen LogP contribution in [0.4, 0.5) is 17.1 Å². The lowest BCUT2D eigenvalue weighted by Gasteiger charge is -2.26. The van der Waals surface area contributed by atoms with E-state index in [1.54, 1.807) is 0 Å². The number of benzene rings is 9. The minimum Gasteiger partial charge on any atom is -0.456 e. The number of para-hydroxylation sites is 4. The Morgan fingerprint density at radius 1 is 0.373 bits per heavy atom. The van der Waals surface area contributed by atoms with Gasteiger partial charge in [-0.1, -0.05) is 115 Å². The van der Waals surface area contributed by atoms with Crippen molar-refractivity contribution >= 4 is 82.6 Å². The van der Waals surface area contributed by atoms with Crippen molar-refractivity contribution < 1.29 is 8.83 Å². The zero-order valence-corrected chi connectivity index (χ0v) is 31.7. The summed E-state index contributed by atoms with van der Waals surface area (Å²) in [6.07, 6.45) is 0. The van der Waals surface area contributed by atoms with Crippen molar-refractivity contribution in [2.75, 3.05) is 4.90 Å². The summed E-state index contributed by atoms with van der Waals surface area (Å²) in [7, 11) is 0. The van der Waals surface area contributed by atoms with Crippen LogP contribution in [-0.2, 0) is 0 Å². The summed E-state index contributed by atoms with van der Waals surface area (Å²) in [5.74, 6) is 0.630. The lowest BCUT2D eigenvalue weighted by molar-refractivity contribution is 0.669. The number of fused-ring (bicyclic) bond motifs is 9. The fourth-order valence-corrected chi connectivity index (χ4v) is 8.69. The maximum atomic E-state index is 6.91. The monoisotopic (exact) mass is 755 g/mol. The number of anilines is 3. The van der Waals surface area contributed by atoms with Gasteiger partial charge >= 0.3 is 0 Å². The minimum absolute atomic E-state index is 0.630. The Balaban J connectivity index is 1.11. The normalized spacial score (nSPS) is 11.7. The van der Waals surface area contributed by atoms with Gasteiger partial charge in [-0.2, -0.15) is 0 Å². The molecule has 276 valence electrons. The average molecular weight is 756 g/mol. The van der Waals surface area contributed by atoms with E-state index < -0.39 is 0 Å². The second kappa shape index (κ2) is 13.3. The van der Waals surface area contributed by atoms with Gasteiger partial charge in [0.25, 0.3) is 0 Å². The molecule has 0 amide bonds. The fourth-order valence-electron chi connectivity index (χ4n) is 8.69. The minimum atomic E-state index is 0.630. The van der Waals surface area contributed by atoms with Gasteiger partial charge in [0.15, 0.2) is 5.82 Å². The van der Waals surface area contributed by atoms with Gasteiger partial charge in [-0.05, 0) is 101 Å². The summed E-state index contributed by atoms with van der Waals surface area (Å²) < 4.78 is 13.1. The van der Waals surface area contributed by atoms with Crippen LogP contribution in [0.25, 0.3) is 99.3 Å². The van der Waals surface area contributed by atoms with Crippen molar-refractivity contribution in [2.24, 2.45) is 0 Å². The number of rotatable bonds is 6. The molecule has 0 saturated heterocycles. The highest BCUT2D eigenvalue weighted by atomic mass is 16.3. The van der Waals surface area contributed by atoms with Gasteiger partial charge in [-0.15, -0.1) is 0 Å². The fraction of sp³-hybridized carbons (Fsp3) is 0. The second-order valence-corrected chi connectivity index (χ2v) is 14.9. The molecule has 0 fully saturated rings. The largest absolute Gasteiger partial charge is 0.456 e. The van der Waals surface area contributed by atoms with Crippen molar-refractivity contribution in [3.05, 3.63) is 200 Å². The second-order valence-electron chi connectivity index (χ2n) is 14.9. The molecular weight excluding hydrogens is 723 g/mol. The summed E-state index contributed by atoms with van der Waals surface area (Å²) in [5, 5.41) is 7.32. The molecule has 59 heavy (non-hydrogen) atoms. The Kier molecular flexibility index (Phi) is 7.47. The topological polar surface area (TPSA) is 55.3 Å². The van der Waals surface area contributed by atoms with Crippen LogP contribution in [0.15, 0.2) is 209 Å². The van der Waals surface area contributed by atoms with E-state index in [2.05, 4.69) is 187 Å². The number of furan rings is 2. The van der Waals surface area contributed by atoms with Gasteiger partial charge in [0.1, 0.15) is 22.3 Å².